The van der Waals surface area contributed by atoms with Crippen LogP contribution in [-0.4, -0.2) is 17.0 Å². The summed E-state index contributed by atoms with van der Waals surface area (Å²) in [5.41, 5.74) is -0.268. The molecule has 0 saturated heterocycles. The average Bonchev–Trinajstić information content (AvgIpc) is 2.39. The summed E-state index contributed by atoms with van der Waals surface area (Å²) >= 11 is 5.72. The number of aromatic nitrogens is 1. The van der Waals surface area contributed by atoms with Crippen molar-refractivity contribution in [1.29, 1.82) is 0 Å². The van der Waals surface area contributed by atoms with Crippen LogP contribution < -0.4 is 9.47 Å². The van der Waals surface area contributed by atoms with Gasteiger partial charge in [-0.3, -0.25) is 10.1 Å². The molecule has 7 heteroatoms. The fraction of sp³-hybridized carbons (Fsp3) is 0.0833. The van der Waals surface area contributed by atoms with Crippen molar-refractivity contribution < 1.29 is 14.4 Å². The Labute approximate surface area is 113 Å². The van der Waals surface area contributed by atoms with Crippen molar-refractivity contribution in [3.63, 3.8) is 0 Å². The zero-order valence-electron chi connectivity index (χ0n) is 9.87. The number of para-hydroxylation sites is 2. The zero-order valence-corrected chi connectivity index (χ0v) is 10.6. The van der Waals surface area contributed by atoms with Gasteiger partial charge in [0.1, 0.15) is 5.15 Å². The van der Waals surface area contributed by atoms with E-state index in [1.807, 2.05) is 0 Å². The SMILES string of the molecule is COc1ccccc1Oc1nc(Cl)ccc1[N+](=O)[O-]. The molecule has 0 atom stereocenters. The van der Waals surface area contributed by atoms with E-state index >= 15 is 0 Å². The van der Waals surface area contributed by atoms with Gasteiger partial charge in [-0.1, -0.05) is 23.7 Å². The van der Waals surface area contributed by atoms with E-state index in [0.29, 0.717) is 11.5 Å². The van der Waals surface area contributed by atoms with E-state index < -0.39 is 4.92 Å². The first-order chi connectivity index (χ1) is 9.11. The number of hydrogen-bond donors (Lipinski definition) is 0. The number of nitro groups is 1. The fourth-order valence-corrected chi connectivity index (χ4v) is 1.57. The lowest BCUT2D eigenvalue weighted by Crippen LogP contribution is -1.97. The van der Waals surface area contributed by atoms with Crippen LogP contribution >= 0.6 is 11.6 Å². The Morgan fingerprint density at radius 1 is 1.21 bits per heavy atom. The molecule has 0 saturated carbocycles. The van der Waals surface area contributed by atoms with Crippen LogP contribution in [0, 0.1) is 10.1 Å². The van der Waals surface area contributed by atoms with Gasteiger partial charge in [-0.2, -0.15) is 4.98 Å². The molecule has 0 fully saturated rings. The van der Waals surface area contributed by atoms with Crippen molar-refractivity contribution in [3.05, 3.63) is 51.7 Å². The van der Waals surface area contributed by atoms with Gasteiger partial charge in [0, 0.05) is 6.07 Å². The van der Waals surface area contributed by atoms with E-state index in [9.17, 15) is 10.1 Å². The van der Waals surface area contributed by atoms with Crippen LogP contribution in [0.5, 0.6) is 17.4 Å². The third-order valence-corrected chi connectivity index (χ3v) is 2.49. The van der Waals surface area contributed by atoms with E-state index in [2.05, 4.69) is 4.98 Å². The molecular weight excluding hydrogens is 272 g/mol. The first kappa shape index (κ1) is 13.1. The molecule has 0 aliphatic rings. The molecule has 2 rings (SSSR count). The predicted molar refractivity (Wildman–Crippen MR) is 69.0 cm³/mol. The minimum atomic E-state index is -0.589. The Kier molecular flexibility index (Phi) is 3.82. The van der Waals surface area contributed by atoms with Crippen molar-refractivity contribution >= 4 is 17.3 Å². The Hall–Kier alpha value is -2.34. The van der Waals surface area contributed by atoms with E-state index in [-0.39, 0.29) is 16.7 Å². The van der Waals surface area contributed by atoms with Gasteiger partial charge in [-0.25, -0.2) is 0 Å². The lowest BCUT2D eigenvalue weighted by atomic mass is 10.3. The monoisotopic (exact) mass is 280 g/mol. The Balaban J connectivity index is 2.42. The van der Waals surface area contributed by atoms with Gasteiger partial charge in [0.2, 0.25) is 0 Å². The first-order valence-corrected chi connectivity index (χ1v) is 5.61. The minimum absolute atomic E-state index is 0.107. The van der Waals surface area contributed by atoms with Crippen LogP contribution in [0.3, 0.4) is 0 Å². The lowest BCUT2D eigenvalue weighted by molar-refractivity contribution is -0.386. The van der Waals surface area contributed by atoms with Crippen molar-refractivity contribution in [2.75, 3.05) is 7.11 Å². The van der Waals surface area contributed by atoms with E-state index in [1.165, 1.54) is 19.2 Å². The highest BCUT2D eigenvalue weighted by molar-refractivity contribution is 6.29. The third-order valence-electron chi connectivity index (χ3n) is 2.28. The second kappa shape index (κ2) is 5.53. The molecule has 0 unspecified atom stereocenters. The van der Waals surface area contributed by atoms with Crippen molar-refractivity contribution in [2.45, 2.75) is 0 Å². The summed E-state index contributed by atoms with van der Waals surface area (Å²) in [6.45, 7) is 0. The largest absolute Gasteiger partial charge is 0.493 e. The highest BCUT2D eigenvalue weighted by Crippen LogP contribution is 2.35. The molecule has 1 heterocycles. The molecule has 1 aromatic heterocycles. The number of halogens is 1. The predicted octanol–water partition coefficient (Wildman–Crippen LogP) is 3.44. The first-order valence-electron chi connectivity index (χ1n) is 5.23. The van der Waals surface area contributed by atoms with Gasteiger partial charge in [0.25, 0.3) is 0 Å². The summed E-state index contributed by atoms with van der Waals surface area (Å²) in [6.07, 6.45) is 0. The maximum Gasteiger partial charge on any atom is 0.331 e. The number of nitrogens with zero attached hydrogens (tertiary/aromatic N) is 2. The Bertz CT molecular complexity index is 618. The average molecular weight is 281 g/mol. The number of benzene rings is 1. The van der Waals surface area contributed by atoms with Crippen molar-refractivity contribution in [2.24, 2.45) is 0 Å². The summed E-state index contributed by atoms with van der Waals surface area (Å²) in [7, 11) is 1.47. The molecular formula is C12H9ClN2O4. The normalized spacial score (nSPS) is 10.0. The van der Waals surface area contributed by atoms with Crippen molar-refractivity contribution in [3.8, 4) is 17.4 Å². The molecule has 0 aliphatic heterocycles. The molecule has 0 N–H and O–H groups in total. The summed E-state index contributed by atoms with van der Waals surface area (Å²) < 4.78 is 10.5. The van der Waals surface area contributed by atoms with Gasteiger partial charge < -0.3 is 9.47 Å². The molecule has 0 radical (unpaired) electrons. The Morgan fingerprint density at radius 2 is 1.89 bits per heavy atom. The maximum absolute atomic E-state index is 10.9. The fourth-order valence-electron chi connectivity index (χ4n) is 1.43. The van der Waals surface area contributed by atoms with Gasteiger partial charge >= 0.3 is 11.6 Å². The molecule has 19 heavy (non-hydrogen) atoms. The van der Waals surface area contributed by atoms with Crippen molar-refractivity contribution in [1.82, 2.24) is 4.98 Å². The lowest BCUT2D eigenvalue weighted by Gasteiger charge is -2.09. The number of rotatable bonds is 4. The van der Waals surface area contributed by atoms with E-state index in [1.54, 1.807) is 24.3 Å². The zero-order chi connectivity index (χ0) is 13.8. The molecule has 98 valence electrons. The van der Waals surface area contributed by atoms with Gasteiger partial charge in [-0.15, -0.1) is 0 Å². The van der Waals surface area contributed by atoms with Crippen LogP contribution in [0.2, 0.25) is 5.15 Å². The number of ether oxygens (including phenoxy) is 2. The topological polar surface area (TPSA) is 74.5 Å². The molecule has 2 aromatic rings. The van der Waals surface area contributed by atoms with Gasteiger partial charge in [0.05, 0.1) is 12.0 Å². The molecule has 1 aromatic carbocycles. The van der Waals surface area contributed by atoms with E-state index in [4.69, 9.17) is 21.1 Å². The molecule has 0 bridgehead atoms. The quantitative estimate of drug-likeness (QED) is 0.487. The van der Waals surface area contributed by atoms with Crippen LogP contribution in [0.1, 0.15) is 0 Å². The summed E-state index contributed by atoms with van der Waals surface area (Å²) in [5.74, 6) is 0.587. The molecule has 6 nitrogen and oxygen atoms in total. The van der Waals surface area contributed by atoms with Crippen LogP contribution in [0.4, 0.5) is 5.69 Å². The number of pyridine rings is 1. The molecule has 0 amide bonds. The smallest absolute Gasteiger partial charge is 0.331 e. The maximum atomic E-state index is 10.9. The highest BCUT2D eigenvalue weighted by Gasteiger charge is 2.19. The number of methoxy groups -OCH3 is 1. The van der Waals surface area contributed by atoms with Crippen LogP contribution in [-0.2, 0) is 0 Å². The summed E-state index contributed by atoms with van der Waals surface area (Å²) in [5, 5.41) is 11.0. The summed E-state index contributed by atoms with van der Waals surface area (Å²) in [6, 6.07) is 9.32. The Morgan fingerprint density at radius 3 is 2.53 bits per heavy atom. The van der Waals surface area contributed by atoms with Gasteiger partial charge in [-0.05, 0) is 18.2 Å². The van der Waals surface area contributed by atoms with Crippen LogP contribution in [0.15, 0.2) is 36.4 Å². The molecule has 0 aliphatic carbocycles. The number of hydrogen-bond acceptors (Lipinski definition) is 5. The van der Waals surface area contributed by atoms with Gasteiger partial charge in [0.15, 0.2) is 11.5 Å². The molecule has 0 spiro atoms. The minimum Gasteiger partial charge on any atom is -0.493 e. The van der Waals surface area contributed by atoms with E-state index in [0.717, 1.165) is 0 Å². The summed E-state index contributed by atoms with van der Waals surface area (Å²) in [4.78, 5) is 14.1. The third kappa shape index (κ3) is 2.92. The second-order valence-electron chi connectivity index (χ2n) is 3.47. The highest BCUT2D eigenvalue weighted by atomic mass is 35.5. The van der Waals surface area contributed by atoms with Crippen LogP contribution in [0.25, 0.3) is 0 Å². The standard InChI is InChI=1S/C12H9ClN2O4/c1-18-9-4-2-3-5-10(9)19-12-8(15(16)17)6-7-11(13)14-12/h2-7H,1H3. The second-order valence-corrected chi connectivity index (χ2v) is 3.86.